The van der Waals surface area contributed by atoms with E-state index >= 15 is 0 Å². The van der Waals surface area contributed by atoms with E-state index < -0.39 is 5.91 Å². The van der Waals surface area contributed by atoms with Crippen LogP contribution in [0.2, 0.25) is 0 Å². The van der Waals surface area contributed by atoms with E-state index in [0.717, 1.165) is 4.47 Å². The third-order valence-corrected chi connectivity index (χ3v) is 4.89. The molecule has 0 spiro atoms. The van der Waals surface area contributed by atoms with Gasteiger partial charge in [0.1, 0.15) is 11.5 Å². The van der Waals surface area contributed by atoms with Crippen molar-refractivity contribution in [1.29, 1.82) is 0 Å². The second-order valence-corrected chi connectivity index (χ2v) is 7.24. The number of aryl methyl sites for hydroxylation is 1. The highest BCUT2D eigenvalue weighted by Gasteiger charge is 2.21. The molecule has 144 valence electrons. The fraction of sp³-hybridized carbons (Fsp3) is 0.0455. The van der Waals surface area contributed by atoms with Crippen molar-refractivity contribution in [3.05, 3.63) is 99.1 Å². The molecule has 0 aliphatic carbocycles. The highest BCUT2D eigenvalue weighted by atomic mass is 79.9. The third kappa shape index (κ3) is 3.77. The lowest BCUT2D eigenvalue weighted by Gasteiger charge is -2.18. The first-order chi connectivity index (χ1) is 14.0. The summed E-state index contributed by atoms with van der Waals surface area (Å²) in [5, 5.41) is 7.25. The fourth-order valence-corrected chi connectivity index (χ4v) is 3.24. The maximum Gasteiger partial charge on any atom is 0.292 e. The third-order valence-electron chi connectivity index (χ3n) is 4.36. The maximum atomic E-state index is 13.0. The number of hydrogen-bond donors (Lipinski definition) is 1. The predicted octanol–water partition coefficient (Wildman–Crippen LogP) is 4.82. The standard InChI is InChI=1S/C22H16BrN3O3/c1-14-20(27)19(15-6-3-2-4-7-15)21(24-22(28)18-8-5-13-29-18)26(25-14)17-11-9-16(23)10-12-17/h2-13H,1H3,(H,24,28). The average molecular weight is 450 g/mol. The number of furan rings is 1. The van der Waals surface area contributed by atoms with Crippen molar-refractivity contribution in [2.45, 2.75) is 6.92 Å². The van der Waals surface area contributed by atoms with Gasteiger partial charge >= 0.3 is 0 Å². The van der Waals surface area contributed by atoms with Crippen LogP contribution in [0.15, 0.2) is 86.7 Å². The van der Waals surface area contributed by atoms with Crippen LogP contribution in [-0.2, 0) is 0 Å². The van der Waals surface area contributed by atoms with Gasteiger partial charge in [-0.25, -0.2) is 4.68 Å². The number of hydrogen-bond acceptors (Lipinski definition) is 4. The molecule has 0 saturated carbocycles. The molecular weight excluding hydrogens is 434 g/mol. The molecule has 0 radical (unpaired) electrons. The monoisotopic (exact) mass is 449 g/mol. The summed E-state index contributed by atoms with van der Waals surface area (Å²) in [4.78, 5) is 25.8. The Morgan fingerprint density at radius 2 is 1.76 bits per heavy atom. The first kappa shape index (κ1) is 18.9. The van der Waals surface area contributed by atoms with Crippen LogP contribution >= 0.6 is 15.9 Å². The van der Waals surface area contributed by atoms with Crippen LogP contribution in [0.25, 0.3) is 16.8 Å². The number of nitrogens with one attached hydrogen (secondary N) is 1. The lowest BCUT2D eigenvalue weighted by Crippen LogP contribution is -2.24. The summed E-state index contributed by atoms with van der Waals surface area (Å²) in [6.45, 7) is 1.66. The summed E-state index contributed by atoms with van der Waals surface area (Å²) in [6, 6.07) is 19.8. The van der Waals surface area contributed by atoms with Crippen molar-refractivity contribution in [3.8, 4) is 16.8 Å². The van der Waals surface area contributed by atoms with Crippen LogP contribution in [0.3, 0.4) is 0 Å². The zero-order valence-electron chi connectivity index (χ0n) is 15.4. The normalized spacial score (nSPS) is 10.7. The molecule has 4 rings (SSSR count). The van der Waals surface area contributed by atoms with Gasteiger partial charge in [0.2, 0.25) is 5.43 Å². The molecule has 6 nitrogen and oxygen atoms in total. The van der Waals surface area contributed by atoms with Gasteiger partial charge in [-0.1, -0.05) is 46.3 Å². The minimum Gasteiger partial charge on any atom is -0.459 e. The second-order valence-electron chi connectivity index (χ2n) is 6.32. The minimum atomic E-state index is -0.469. The van der Waals surface area contributed by atoms with Crippen molar-refractivity contribution in [1.82, 2.24) is 9.78 Å². The highest BCUT2D eigenvalue weighted by Crippen LogP contribution is 2.28. The number of benzene rings is 2. The molecular formula is C22H16BrN3O3. The molecule has 0 saturated heterocycles. The molecule has 2 aromatic carbocycles. The molecule has 4 aromatic rings. The summed E-state index contributed by atoms with van der Waals surface area (Å²) in [6.07, 6.45) is 1.42. The summed E-state index contributed by atoms with van der Waals surface area (Å²) in [7, 11) is 0. The molecule has 0 atom stereocenters. The minimum absolute atomic E-state index is 0.138. The van der Waals surface area contributed by atoms with Crippen molar-refractivity contribution in [2.24, 2.45) is 0 Å². The van der Waals surface area contributed by atoms with Gasteiger partial charge in [-0.2, -0.15) is 5.10 Å². The average Bonchev–Trinajstić information content (AvgIpc) is 3.27. The lowest BCUT2D eigenvalue weighted by atomic mass is 10.1. The van der Waals surface area contributed by atoms with Gasteiger partial charge in [-0.3, -0.25) is 9.59 Å². The van der Waals surface area contributed by atoms with Gasteiger partial charge < -0.3 is 9.73 Å². The number of halogens is 1. The predicted molar refractivity (Wildman–Crippen MR) is 114 cm³/mol. The van der Waals surface area contributed by atoms with Crippen LogP contribution in [0.4, 0.5) is 5.82 Å². The number of nitrogens with zero attached hydrogens (tertiary/aromatic N) is 2. The smallest absolute Gasteiger partial charge is 0.292 e. The topological polar surface area (TPSA) is 77.1 Å². The Hall–Kier alpha value is -3.45. The van der Waals surface area contributed by atoms with E-state index in [9.17, 15) is 9.59 Å². The van der Waals surface area contributed by atoms with Gasteiger partial charge in [-0.15, -0.1) is 0 Å². The zero-order valence-corrected chi connectivity index (χ0v) is 17.0. The Kier molecular flexibility index (Phi) is 5.14. The van der Waals surface area contributed by atoms with Crippen molar-refractivity contribution in [3.63, 3.8) is 0 Å². The van der Waals surface area contributed by atoms with Crippen molar-refractivity contribution >= 4 is 27.7 Å². The Balaban J connectivity index is 1.97. The van der Waals surface area contributed by atoms with Gasteiger partial charge in [0.25, 0.3) is 5.91 Å². The van der Waals surface area contributed by atoms with E-state index in [-0.39, 0.29) is 17.0 Å². The van der Waals surface area contributed by atoms with E-state index in [1.54, 1.807) is 23.7 Å². The first-order valence-electron chi connectivity index (χ1n) is 8.85. The summed E-state index contributed by atoms with van der Waals surface area (Å²) < 4.78 is 7.67. The Morgan fingerprint density at radius 1 is 1.03 bits per heavy atom. The van der Waals surface area contributed by atoms with Crippen LogP contribution < -0.4 is 10.7 Å². The Labute approximate surface area is 174 Å². The molecule has 0 aliphatic heterocycles. The number of anilines is 1. The molecule has 29 heavy (non-hydrogen) atoms. The van der Waals surface area contributed by atoms with Crippen molar-refractivity contribution in [2.75, 3.05) is 5.32 Å². The van der Waals surface area contributed by atoms with Crippen LogP contribution in [0, 0.1) is 6.92 Å². The van der Waals surface area contributed by atoms with Gasteiger partial charge in [0, 0.05) is 4.47 Å². The Bertz CT molecular complexity index is 1210. The van der Waals surface area contributed by atoms with Crippen LogP contribution in [0.5, 0.6) is 0 Å². The zero-order chi connectivity index (χ0) is 20.4. The van der Waals surface area contributed by atoms with Crippen LogP contribution in [0.1, 0.15) is 16.2 Å². The van der Waals surface area contributed by atoms with E-state index in [1.807, 2.05) is 54.6 Å². The maximum absolute atomic E-state index is 13.0. The van der Waals surface area contributed by atoms with E-state index in [1.165, 1.54) is 6.26 Å². The van der Waals surface area contributed by atoms with E-state index in [2.05, 4.69) is 26.3 Å². The molecule has 7 heteroatoms. The van der Waals surface area contributed by atoms with E-state index in [0.29, 0.717) is 22.5 Å². The number of rotatable bonds is 4. The lowest BCUT2D eigenvalue weighted by molar-refractivity contribution is 0.0996. The number of amides is 1. The molecule has 2 heterocycles. The molecule has 2 aromatic heterocycles. The molecule has 0 unspecified atom stereocenters. The Morgan fingerprint density at radius 3 is 2.41 bits per heavy atom. The molecule has 0 fully saturated rings. The SMILES string of the molecule is Cc1nn(-c2ccc(Br)cc2)c(NC(=O)c2ccco2)c(-c2ccccc2)c1=O. The van der Waals surface area contributed by atoms with Gasteiger partial charge in [0.15, 0.2) is 5.76 Å². The van der Waals surface area contributed by atoms with Gasteiger partial charge in [0.05, 0.1) is 17.5 Å². The first-order valence-corrected chi connectivity index (χ1v) is 9.64. The fourth-order valence-electron chi connectivity index (χ4n) is 2.97. The summed E-state index contributed by atoms with van der Waals surface area (Å²) in [5.41, 5.74) is 1.81. The summed E-state index contributed by atoms with van der Waals surface area (Å²) >= 11 is 3.42. The van der Waals surface area contributed by atoms with Crippen LogP contribution in [-0.4, -0.2) is 15.7 Å². The van der Waals surface area contributed by atoms with Gasteiger partial charge in [-0.05, 0) is 48.9 Å². The number of aromatic nitrogens is 2. The highest BCUT2D eigenvalue weighted by molar-refractivity contribution is 9.10. The molecule has 0 aliphatic rings. The molecule has 1 amide bonds. The van der Waals surface area contributed by atoms with Crippen molar-refractivity contribution < 1.29 is 9.21 Å². The quantitative estimate of drug-likeness (QED) is 0.484. The second kappa shape index (κ2) is 7.89. The summed E-state index contributed by atoms with van der Waals surface area (Å²) in [5.74, 6) is -0.0574. The largest absolute Gasteiger partial charge is 0.459 e. The molecule has 0 bridgehead atoms. The molecule has 1 N–H and O–H groups in total. The van der Waals surface area contributed by atoms with E-state index in [4.69, 9.17) is 4.42 Å². The number of carbonyl (C=O) groups is 1. The number of carbonyl (C=O) groups excluding carboxylic acids is 1.